The zero-order chi connectivity index (χ0) is 16.1. The van der Waals surface area contributed by atoms with E-state index in [1.807, 2.05) is 13.8 Å². The lowest BCUT2D eigenvalue weighted by Crippen LogP contribution is -2.23. The van der Waals surface area contributed by atoms with Gasteiger partial charge in [0.25, 0.3) is 5.91 Å². The molecule has 2 heterocycles. The van der Waals surface area contributed by atoms with Gasteiger partial charge >= 0.3 is 5.97 Å². The molecule has 0 spiro atoms. The topological polar surface area (TPSA) is 86.1 Å². The molecule has 0 fully saturated rings. The van der Waals surface area contributed by atoms with E-state index in [9.17, 15) is 9.59 Å². The lowest BCUT2D eigenvalue weighted by atomic mass is 10.2. The number of carbonyl (C=O) groups is 2. The summed E-state index contributed by atoms with van der Waals surface area (Å²) in [5, 5.41) is 6.93. The molecule has 0 atom stereocenters. The first-order chi connectivity index (χ1) is 10.6. The van der Waals surface area contributed by atoms with E-state index in [4.69, 9.17) is 0 Å². The van der Waals surface area contributed by atoms with Crippen LogP contribution in [0.2, 0.25) is 0 Å². The molecule has 0 saturated carbocycles. The van der Waals surface area contributed by atoms with Crippen LogP contribution in [0.4, 0.5) is 0 Å². The highest BCUT2D eigenvalue weighted by Gasteiger charge is 2.13. The second-order valence-corrected chi connectivity index (χ2v) is 4.72. The quantitative estimate of drug-likeness (QED) is 0.842. The van der Waals surface area contributed by atoms with Crippen LogP contribution in [0.5, 0.6) is 0 Å². The largest absolute Gasteiger partial charge is 0.465 e. The van der Waals surface area contributed by atoms with Crippen LogP contribution >= 0.6 is 0 Å². The van der Waals surface area contributed by atoms with Crippen LogP contribution in [0.3, 0.4) is 0 Å². The minimum Gasteiger partial charge on any atom is -0.465 e. The van der Waals surface area contributed by atoms with Gasteiger partial charge in [0.15, 0.2) is 0 Å². The molecular formula is C15H18N4O3. The zero-order valence-corrected chi connectivity index (χ0v) is 12.8. The summed E-state index contributed by atoms with van der Waals surface area (Å²) in [6.45, 7) is 4.80. The summed E-state index contributed by atoms with van der Waals surface area (Å²) in [4.78, 5) is 27.6. The second kappa shape index (κ2) is 6.84. The zero-order valence-electron chi connectivity index (χ0n) is 12.8. The van der Waals surface area contributed by atoms with Crippen molar-refractivity contribution < 1.29 is 14.3 Å². The van der Waals surface area contributed by atoms with Gasteiger partial charge in [0.1, 0.15) is 0 Å². The molecule has 22 heavy (non-hydrogen) atoms. The standard InChI is InChI=1S/C15H18N4O3/c1-4-19-10(2)13(9-18-19)14(20)17-7-11-5-12(8-16-6-11)15(21)22-3/h5-6,8-9H,4,7H2,1-3H3,(H,17,20). The number of rotatable bonds is 5. The van der Waals surface area contributed by atoms with Crippen molar-refractivity contribution in [3.63, 3.8) is 0 Å². The second-order valence-electron chi connectivity index (χ2n) is 4.72. The van der Waals surface area contributed by atoms with Crippen molar-refractivity contribution in [3.8, 4) is 0 Å². The lowest BCUT2D eigenvalue weighted by Gasteiger charge is -2.06. The molecule has 1 amide bonds. The Balaban J connectivity index is 2.05. The number of pyridine rings is 1. The van der Waals surface area contributed by atoms with E-state index in [1.165, 1.54) is 13.3 Å². The molecule has 116 valence electrons. The van der Waals surface area contributed by atoms with Crippen molar-refractivity contribution in [3.05, 3.63) is 47.0 Å². The summed E-state index contributed by atoms with van der Waals surface area (Å²) in [7, 11) is 1.31. The fourth-order valence-corrected chi connectivity index (χ4v) is 2.08. The van der Waals surface area contributed by atoms with E-state index in [1.54, 1.807) is 23.1 Å². The number of amides is 1. The van der Waals surface area contributed by atoms with Crippen LogP contribution in [0.1, 0.15) is 38.9 Å². The van der Waals surface area contributed by atoms with E-state index in [2.05, 4.69) is 20.1 Å². The highest BCUT2D eigenvalue weighted by molar-refractivity contribution is 5.95. The van der Waals surface area contributed by atoms with Crippen LogP contribution in [0, 0.1) is 6.92 Å². The fourth-order valence-electron chi connectivity index (χ4n) is 2.08. The smallest absolute Gasteiger partial charge is 0.339 e. The van der Waals surface area contributed by atoms with Gasteiger partial charge in [-0.2, -0.15) is 5.10 Å². The minimum atomic E-state index is -0.458. The van der Waals surface area contributed by atoms with E-state index in [0.29, 0.717) is 17.7 Å². The molecule has 1 N–H and O–H groups in total. The first-order valence-electron chi connectivity index (χ1n) is 6.89. The fraction of sp³-hybridized carbons (Fsp3) is 0.333. The van der Waals surface area contributed by atoms with Crippen LogP contribution in [-0.4, -0.2) is 33.8 Å². The predicted molar refractivity (Wildman–Crippen MR) is 79.4 cm³/mol. The van der Waals surface area contributed by atoms with E-state index in [-0.39, 0.29) is 12.5 Å². The molecule has 0 aromatic carbocycles. The van der Waals surface area contributed by atoms with Gasteiger partial charge in [0.05, 0.1) is 24.4 Å². The number of hydrogen-bond donors (Lipinski definition) is 1. The maximum absolute atomic E-state index is 12.2. The molecule has 0 aliphatic rings. The molecule has 0 radical (unpaired) electrons. The van der Waals surface area contributed by atoms with Crippen molar-refractivity contribution in [2.75, 3.05) is 7.11 Å². The molecule has 0 aliphatic carbocycles. The SMILES string of the molecule is CCn1ncc(C(=O)NCc2cncc(C(=O)OC)c2)c1C. The normalized spacial score (nSPS) is 10.3. The van der Waals surface area contributed by atoms with Gasteiger partial charge in [0.2, 0.25) is 0 Å². The number of methoxy groups -OCH3 is 1. The number of carbonyl (C=O) groups excluding carboxylic acids is 2. The summed E-state index contributed by atoms with van der Waals surface area (Å²) in [5.74, 6) is -0.665. The third-order valence-electron chi connectivity index (χ3n) is 3.32. The van der Waals surface area contributed by atoms with Gasteiger partial charge < -0.3 is 10.1 Å². The Hall–Kier alpha value is -2.70. The summed E-state index contributed by atoms with van der Waals surface area (Å²) < 4.78 is 6.40. The van der Waals surface area contributed by atoms with E-state index in [0.717, 1.165) is 11.3 Å². The van der Waals surface area contributed by atoms with Crippen molar-refractivity contribution in [1.82, 2.24) is 20.1 Å². The number of aryl methyl sites for hydroxylation is 1. The Labute approximate surface area is 128 Å². The molecule has 0 aliphatic heterocycles. The Morgan fingerprint density at radius 3 is 2.73 bits per heavy atom. The van der Waals surface area contributed by atoms with Crippen molar-refractivity contribution in [2.24, 2.45) is 0 Å². The summed E-state index contributed by atoms with van der Waals surface area (Å²) in [6, 6.07) is 1.64. The van der Waals surface area contributed by atoms with Gasteiger partial charge in [-0.05, 0) is 25.5 Å². The number of ether oxygens (including phenoxy) is 1. The Bertz CT molecular complexity index is 694. The third kappa shape index (κ3) is 3.30. The van der Waals surface area contributed by atoms with Gasteiger partial charge in [-0.1, -0.05) is 0 Å². The molecule has 2 aromatic rings. The van der Waals surface area contributed by atoms with Gasteiger partial charge in [0, 0.05) is 31.2 Å². The number of esters is 1. The molecule has 2 aromatic heterocycles. The van der Waals surface area contributed by atoms with Gasteiger partial charge in [-0.25, -0.2) is 4.79 Å². The summed E-state index contributed by atoms with van der Waals surface area (Å²) in [6.07, 6.45) is 4.57. The molecule has 2 rings (SSSR count). The maximum atomic E-state index is 12.2. The van der Waals surface area contributed by atoms with Crippen molar-refractivity contribution >= 4 is 11.9 Å². The Morgan fingerprint density at radius 1 is 1.32 bits per heavy atom. The number of nitrogens with one attached hydrogen (secondary N) is 1. The lowest BCUT2D eigenvalue weighted by molar-refractivity contribution is 0.0600. The Kier molecular flexibility index (Phi) is 4.88. The maximum Gasteiger partial charge on any atom is 0.339 e. The highest BCUT2D eigenvalue weighted by atomic mass is 16.5. The predicted octanol–water partition coefficient (Wildman–Crippen LogP) is 1.32. The van der Waals surface area contributed by atoms with Gasteiger partial charge in [-0.3, -0.25) is 14.5 Å². The molecule has 0 bridgehead atoms. The van der Waals surface area contributed by atoms with Crippen molar-refractivity contribution in [2.45, 2.75) is 26.9 Å². The molecule has 0 unspecified atom stereocenters. The number of hydrogen-bond acceptors (Lipinski definition) is 5. The molecule has 7 nitrogen and oxygen atoms in total. The minimum absolute atomic E-state index is 0.208. The van der Waals surface area contributed by atoms with Crippen molar-refractivity contribution in [1.29, 1.82) is 0 Å². The average Bonchev–Trinajstić information content (AvgIpc) is 2.93. The molecular weight excluding hydrogens is 284 g/mol. The van der Waals surface area contributed by atoms with Crippen LogP contribution in [-0.2, 0) is 17.8 Å². The van der Waals surface area contributed by atoms with Crippen LogP contribution in [0.25, 0.3) is 0 Å². The van der Waals surface area contributed by atoms with Gasteiger partial charge in [-0.15, -0.1) is 0 Å². The molecule has 0 saturated heterocycles. The van der Waals surface area contributed by atoms with E-state index < -0.39 is 5.97 Å². The van der Waals surface area contributed by atoms with Crippen LogP contribution in [0.15, 0.2) is 24.7 Å². The summed E-state index contributed by atoms with van der Waals surface area (Å²) >= 11 is 0. The first-order valence-corrected chi connectivity index (χ1v) is 6.89. The highest BCUT2D eigenvalue weighted by Crippen LogP contribution is 2.08. The summed E-state index contributed by atoms with van der Waals surface area (Å²) in [5.41, 5.74) is 2.43. The van der Waals surface area contributed by atoms with Crippen LogP contribution < -0.4 is 5.32 Å². The first kappa shape index (κ1) is 15.7. The molecule has 7 heteroatoms. The monoisotopic (exact) mass is 302 g/mol. The van der Waals surface area contributed by atoms with E-state index >= 15 is 0 Å². The number of nitrogens with zero attached hydrogens (tertiary/aromatic N) is 3. The third-order valence-corrected chi connectivity index (χ3v) is 3.32. The Morgan fingerprint density at radius 2 is 2.09 bits per heavy atom. The number of aromatic nitrogens is 3. The average molecular weight is 302 g/mol.